The maximum Gasteiger partial charge on any atom is 0.307 e. The second kappa shape index (κ2) is 6.50. The van der Waals surface area contributed by atoms with Gasteiger partial charge in [-0.15, -0.1) is 0 Å². The Morgan fingerprint density at radius 2 is 2.00 bits per heavy atom. The van der Waals surface area contributed by atoms with Crippen molar-refractivity contribution in [1.29, 1.82) is 0 Å². The van der Waals surface area contributed by atoms with Crippen LogP contribution in [0.3, 0.4) is 0 Å². The minimum Gasteiger partial charge on any atom is -0.460 e. The van der Waals surface area contributed by atoms with Crippen molar-refractivity contribution in [1.82, 2.24) is 5.32 Å². The lowest BCUT2D eigenvalue weighted by molar-refractivity contribution is -0.154. The van der Waals surface area contributed by atoms with Crippen molar-refractivity contribution < 1.29 is 9.53 Å². The Labute approximate surface area is 103 Å². The van der Waals surface area contributed by atoms with Crippen LogP contribution in [0.4, 0.5) is 0 Å². The summed E-state index contributed by atoms with van der Waals surface area (Å²) in [6.45, 7) is 6.44. The van der Waals surface area contributed by atoms with Gasteiger partial charge in [0.05, 0.1) is 6.42 Å². The second-order valence-corrected chi connectivity index (χ2v) is 6.40. The van der Waals surface area contributed by atoms with Gasteiger partial charge in [-0.2, -0.15) is 11.8 Å². The molecule has 0 amide bonds. The summed E-state index contributed by atoms with van der Waals surface area (Å²) in [7, 11) is 0. The Kier molecular flexibility index (Phi) is 5.62. The lowest BCUT2D eigenvalue weighted by atomic mass is 10.1. The summed E-state index contributed by atoms with van der Waals surface area (Å²) < 4.78 is 5.24. The molecule has 94 valence electrons. The average molecular weight is 245 g/mol. The van der Waals surface area contributed by atoms with Crippen molar-refractivity contribution in [2.45, 2.75) is 51.7 Å². The molecule has 1 aliphatic rings. The predicted molar refractivity (Wildman–Crippen MR) is 68.8 cm³/mol. The first-order valence-corrected chi connectivity index (χ1v) is 7.16. The molecule has 0 spiro atoms. The highest BCUT2D eigenvalue weighted by Gasteiger charge is 2.17. The summed E-state index contributed by atoms with van der Waals surface area (Å²) in [5.41, 5.74) is -0.363. The van der Waals surface area contributed by atoms with E-state index < -0.39 is 0 Å². The monoisotopic (exact) mass is 245 g/mol. The molecule has 0 atom stereocenters. The van der Waals surface area contributed by atoms with Gasteiger partial charge in [0.1, 0.15) is 5.60 Å². The summed E-state index contributed by atoms with van der Waals surface area (Å²) in [5, 5.41) is 3.42. The topological polar surface area (TPSA) is 38.3 Å². The van der Waals surface area contributed by atoms with Gasteiger partial charge in [-0.05, 0) is 45.1 Å². The van der Waals surface area contributed by atoms with Crippen molar-refractivity contribution >= 4 is 17.7 Å². The van der Waals surface area contributed by atoms with Gasteiger partial charge in [-0.25, -0.2) is 0 Å². The van der Waals surface area contributed by atoms with Crippen LogP contribution in [0.1, 0.15) is 40.0 Å². The number of carbonyl (C=O) groups excluding carboxylic acids is 1. The number of esters is 1. The first-order valence-electron chi connectivity index (χ1n) is 6.00. The van der Waals surface area contributed by atoms with Crippen LogP contribution in [0.2, 0.25) is 0 Å². The molecule has 1 heterocycles. The van der Waals surface area contributed by atoms with Crippen molar-refractivity contribution in [2.75, 3.05) is 18.1 Å². The molecule has 1 saturated heterocycles. The minimum atomic E-state index is -0.363. The zero-order valence-corrected chi connectivity index (χ0v) is 11.4. The maximum atomic E-state index is 11.4. The van der Waals surface area contributed by atoms with Crippen LogP contribution < -0.4 is 5.32 Å². The van der Waals surface area contributed by atoms with E-state index in [0.29, 0.717) is 12.5 Å². The van der Waals surface area contributed by atoms with E-state index in [9.17, 15) is 4.79 Å². The molecule has 0 aromatic heterocycles. The number of ether oxygens (including phenoxy) is 1. The normalized spacial score (nSPS) is 18.4. The highest BCUT2D eigenvalue weighted by Crippen LogP contribution is 2.16. The second-order valence-electron chi connectivity index (χ2n) is 5.18. The van der Waals surface area contributed by atoms with Crippen LogP contribution in [-0.4, -0.2) is 35.7 Å². The van der Waals surface area contributed by atoms with E-state index in [0.717, 1.165) is 6.54 Å². The van der Waals surface area contributed by atoms with Gasteiger partial charge >= 0.3 is 5.97 Å². The molecule has 0 aliphatic carbocycles. The Morgan fingerprint density at radius 3 is 2.56 bits per heavy atom. The fourth-order valence-electron chi connectivity index (χ4n) is 1.67. The summed E-state index contributed by atoms with van der Waals surface area (Å²) in [5.74, 6) is 2.37. The fraction of sp³-hybridized carbons (Fsp3) is 0.917. The SMILES string of the molecule is CC(C)(C)OC(=O)CCNC1CCSCC1. The standard InChI is InChI=1S/C12H23NO2S/c1-12(2,3)15-11(14)4-7-13-10-5-8-16-9-6-10/h10,13H,4-9H2,1-3H3. The van der Waals surface area contributed by atoms with Crippen LogP contribution in [-0.2, 0) is 9.53 Å². The summed E-state index contributed by atoms with van der Waals surface area (Å²) in [6, 6.07) is 0.601. The Morgan fingerprint density at radius 1 is 1.38 bits per heavy atom. The summed E-state index contributed by atoms with van der Waals surface area (Å²) in [4.78, 5) is 11.4. The van der Waals surface area contributed by atoms with Crippen molar-refractivity contribution in [3.63, 3.8) is 0 Å². The molecule has 1 fully saturated rings. The highest BCUT2D eigenvalue weighted by atomic mass is 32.2. The molecule has 1 aliphatic heterocycles. The van der Waals surface area contributed by atoms with Gasteiger partial charge in [0.25, 0.3) is 0 Å². The van der Waals surface area contributed by atoms with Crippen molar-refractivity contribution in [3.05, 3.63) is 0 Å². The molecule has 0 aromatic carbocycles. The van der Waals surface area contributed by atoms with Crippen LogP contribution in [0, 0.1) is 0 Å². The molecular formula is C12H23NO2S. The minimum absolute atomic E-state index is 0.106. The van der Waals surface area contributed by atoms with E-state index in [4.69, 9.17) is 4.74 Å². The quantitative estimate of drug-likeness (QED) is 0.771. The Hall–Kier alpha value is -0.220. The zero-order chi connectivity index (χ0) is 12.0. The number of hydrogen-bond acceptors (Lipinski definition) is 4. The number of hydrogen-bond donors (Lipinski definition) is 1. The van der Waals surface area contributed by atoms with E-state index in [1.165, 1.54) is 24.3 Å². The van der Waals surface area contributed by atoms with Crippen LogP contribution in [0.15, 0.2) is 0 Å². The van der Waals surface area contributed by atoms with Crippen LogP contribution in [0.5, 0.6) is 0 Å². The molecule has 0 unspecified atom stereocenters. The molecule has 16 heavy (non-hydrogen) atoms. The number of rotatable bonds is 4. The molecular weight excluding hydrogens is 222 g/mol. The van der Waals surface area contributed by atoms with Gasteiger partial charge < -0.3 is 10.1 Å². The zero-order valence-electron chi connectivity index (χ0n) is 10.5. The van der Waals surface area contributed by atoms with Gasteiger partial charge in [-0.1, -0.05) is 0 Å². The van der Waals surface area contributed by atoms with Gasteiger partial charge in [0.15, 0.2) is 0 Å². The van der Waals surface area contributed by atoms with E-state index in [2.05, 4.69) is 5.32 Å². The molecule has 4 heteroatoms. The Bertz CT molecular complexity index is 220. The predicted octanol–water partition coefficient (Wildman–Crippen LogP) is 2.20. The van der Waals surface area contributed by atoms with E-state index in [-0.39, 0.29) is 11.6 Å². The van der Waals surface area contributed by atoms with Crippen LogP contribution >= 0.6 is 11.8 Å². The molecule has 1 N–H and O–H groups in total. The van der Waals surface area contributed by atoms with E-state index >= 15 is 0 Å². The third-order valence-electron chi connectivity index (χ3n) is 2.40. The number of thioether (sulfide) groups is 1. The summed E-state index contributed by atoms with van der Waals surface area (Å²) in [6.07, 6.45) is 2.92. The first kappa shape index (κ1) is 13.8. The Balaban J connectivity index is 2.08. The van der Waals surface area contributed by atoms with Gasteiger partial charge in [-0.3, -0.25) is 4.79 Å². The lowest BCUT2D eigenvalue weighted by Crippen LogP contribution is -2.35. The molecule has 0 aromatic rings. The van der Waals surface area contributed by atoms with Gasteiger partial charge in [0.2, 0.25) is 0 Å². The van der Waals surface area contributed by atoms with E-state index in [1.807, 2.05) is 32.5 Å². The summed E-state index contributed by atoms with van der Waals surface area (Å²) >= 11 is 2.01. The maximum absolute atomic E-state index is 11.4. The van der Waals surface area contributed by atoms with Crippen molar-refractivity contribution in [3.8, 4) is 0 Å². The van der Waals surface area contributed by atoms with Crippen molar-refractivity contribution in [2.24, 2.45) is 0 Å². The molecule has 3 nitrogen and oxygen atoms in total. The molecule has 0 saturated carbocycles. The first-order chi connectivity index (χ1) is 7.47. The largest absolute Gasteiger partial charge is 0.460 e. The molecule has 0 radical (unpaired) electrons. The highest BCUT2D eigenvalue weighted by molar-refractivity contribution is 7.99. The molecule has 0 bridgehead atoms. The third kappa shape index (κ3) is 6.38. The molecule has 1 rings (SSSR count). The third-order valence-corrected chi connectivity index (χ3v) is 3.45. The number of nitrogens with one attached hydrogen (secondary N) is 1. The average Bonchev–Trinajstić information content (AvgIpc) is 2.16. The van der Waals surface area contributed by atoms with E-state index in [1.54, 1.807) is 0 Å². The lowest BCUT2D eigenvalue weighted by Gasteiger charge is -2.23. The van der Waals surface area contributed by atoms with Gasteiger partial charge in [0, 0.05) is 12.6 Å². The fourth-order valence-corrected chi connectivity index (χ4v) is 2.78. The number of carbonyl (C=O) groups is 1. The smallest absolute Gasteiger partial charge is 0.307 e. The van der Waals surface area contributed by atoms with Crippen LogP contribution in [0.25, 0.3) is 0 Å².